The van der Waals surface area contributed by atoms with Crippen LogP contribution in [-0.2, 0) is 69.5 Å². The monoisotopic (exact) mass is 1010 g/mol. The number of carbonyl (C=O) groups is 6. The number of fused-ring (bicyclic) bond motifs is 3. The number of rotatable bonds is 25. The zero-order valence-corrected chi connectivity index (χ0v) is 40.7. The maximum atomic E-state index is 13.4. The van der Waals surface area contributed by atoms with E-state index in [9.17, 15) is 28.8 Å². The Bertz CT molecular complexity index is 2490. The molecule has 8 rings (SSSR count). The summed E-state index contributed by atoms with van der Waals surface area (Å²) in [6, 6.07) is 16.8. The Balaban J connectivity index is 0.00000402. The third kappa shape index (κ3) is 13.3. The summed E-state index contributed by atoms with van der Waals surface area (Å²) in [7, 11) is 0. The van der Waals surface area contributed by atoms with Crippen molar-refractivity contribution >= 4 is 41.1 Å². The van der Waals surface area contributed by atoms with Gasteiger partial charge in [-0.1, -0.05) is 30.7 Å². The van der Waals surface area contributed by atoms with Gasteiger partial charge in [0, 0.05) is 62.1 Å². The third-order valence-electron chi connectivity index (χ3n) is 12.4. The normalized spacial score (nSPS) is 16.7. The number of aromatic nitrogens is 2. The van der Waals surface area contributed by atoms with Crippen LogP contribution in [0.2, 0.25) is 0 Å². The zero-order valence-electron chi connectivity index (χ0n) is 39.7. The minimum absolute atomic E-state index is 0. The second kappa shape index (κ2) is 25.8. The van der Waals surface area contributed by atoms with E-state index in [1.54, 1.807) is 30.3 Å². The number of imidazole rings is 1. The number of aryl methyl sites for hydroxylation is 4. The van der Waals surface area contributed by atoms with Crippen LogP contribution >= 0.6 is 0 Å². The molecule has 4 aliphatic rings. The fourth-order valence-corrected chi connectivity index (χ4v) is 8.79. The summed E-state index contributed by atoms with van der Waals surface area (Å²) >= 11 is 0. The van der Waals surface area contributed by atoms with Gasteiger partial charge in [-0.2, -0.15) is 12.1 Å². The van der Waals surface area contributed by atoms with Crippen molar-refractivity contribution in [1.82, 2.24) is 30.4 Å². The molecule has 1 radical (unpaired) electrons. The first-order valence-electron chi connectivity index (χ1n) is 23.5. The Labute approximate surface area is 418 Å². The van der Waals surface area contributed by atoms with E-state index in [4.69, 9.17) is 28.7 Å². The molecule has 0 saturated carbocycles. The Kier molecular flexibility index (Phi) is 19.7. The average molecular weight is 1010 g/mol. The van der Waals surface area contributed by atoms with Crippen molar-refractivity contribution < 1.29 is 69.2 Å². The minimum Gasteiger partial charge on any atom is -0.551 e. The predicted molar refractivity (Wildman–Crippen MR) is 254 cm³/mol. The van der Waals surface area contributed by atoms with Gasteiger partial charge < -0.3 is 51.6 Å². The number of nitrogens with one attached hydrogen (secondary N) is 4. The number of hydrogen-bond acceptors (Lipinski definition) is 13. The van der Waals surface area contributed by atoms with Gasteiger partial charge in [0.1, 0.15) is 11.9 Å². The van der Waals surface area contributed by atoms with E-state index in [1.807, 2.05) is 6.92 Å². The van der Waals surface area contributed by atoms with Crippen LogP contribution in [0.5, 0.6) is 5.75 Å². The summed E-state index contributed by atoms with van der Waals surface area (Å²) in [5.74, 6) is -0.784. The Morgan fingerprint density at radius 1 is 0.857 bits per heavy atom. The number of ether oxygens (including phenoxy) is 5. The van der Waals surface area contributed by atoms with Crippen molar-refractivity contribution in [1.29, 1.82) is 0 Å². The van der Waals surface area contributed by atoms with Crippen molar-refractivity contribution in [3.05, 3.63) is 107 Å². The van der Waals surface area contributed by atoms with Crippen molar-refractivity contribution in [2.75, 3.05) is 77.9 Å². The third-order valence-corrected chi connectivity index (χ3v) is 12.4. The van der Waals surface area contributed by atoms with Gasteiger partial charge in [0.15, 0.2) is 5.91 Å². The average Bonchev–Trinajstić information content (AvgIpc) is 4.11. The number of nitrogens with zero attached hydrogens (tertiary/aromatic N) is 3. The van der Waals surface area contributed by atoms with Crippen LogP contribution < -0.4 is 26.0 Å². The standard InChI is InChI=1S/C50H58N7O11.CH3.Co/c1-32-8-9-35(47(60)54-38-13-12-33-10-11-34(29-37(33)38)40-31-56-19-3-7-43(56)53-40)30-42(32)68-20-4-17-52-44(58)16-21-64-23-25-66-27-28-67-26-24-65-22-18-51-39-6-2-5-36-46(39)50(63)57(49(36)62)41-14-15-45(59)55-48(41)61;;/h2,5-6,9-11,29-31,38,41,51H,3-4,7,12-28H2,1H3,(H,52,58)(H,54,60)(H,55,59,61);1H3;/q2*-1;+2/t38-,41?;;/m1../s1. The number of benzene rings is 3. The SMILES string of the molecule is Cc1[c-]cc(C(=O)N[C@@H]2CCc3ccc(-c4cn5c(n4)CCC5)cc32)cc1OCCCNC(=O)CCOCCOCCOCCOCCNc1cccc2c1C(=O)N(C1CCC(=O)NC1=O)C2=O.[CH3-].[Co+2]. The van der Waals surface area contributed by atoms with Crippen LogP contribution in [0.4, 0.5) is 5.69 Å². The van der Waals surface area contributed by atoms with Gasteiger partial charge in [0.2, 0.25) is 17.7 Å². The Hall–Kier alpha value is -5.96. The molecule has 18 nitrogen and oxygen atoms in total. The summed E-state index contributed by atoms with van der Waals surface area (Å²) in [6.07, 6.45) is 6.98. The first-order valence-corrected chi connectivity index (χ1v) is 23.5. The van der Waals surface area contributed by atoms with Gasteiger partial charge in [0.05, 0.1) is 82.3 Å². The van der Waals surface area contributed by atoms with Crippen LogP contribution in [0.1, 0.15) is 98.2 Å². The largest absolute Gasteiger partial charge is 2.00 e. The van der Waals surface area contributed by atoms with Crippen LogP contribution in [-0.4, -0.2) is 128 Å². The van der Waals surface area contributed by atoms with Gasteiger partial charge in [-0.3, -0.25) is 39.0 Å². The summed E-state index contributed by atoms with van der Waals surface area (Å²) < 4.78 is 30.5. The zero-order chi connectivity index (χ0) is 47.4. The summed E-state index contributed by atoms with van der Waals surface area (Å²) in [5.41, 5.74) is 6.59. The van der Waals surface area contributed by atoms with Gasteiger partial charge in [-0.25, -0.2) is 4.98 Å². The molecule has 0 bridgehead atoms. The molecule has 0 spiro atoms. The molecule has 1 aromatic heterocycles. The molecular formula is C51H61CoN7O11. The molecule has 3 aliphatic heterocycles. The van der Waals surface area contributed by atoms with Crippen molar-refractivity contribution in [2.24, 2.45) is 0 Å². The molecule has 70 heavy (non-hydrogen) atoms. The quantitative estimate of drug-likeness (QED) is 0.0414. The van der Waals surface area contributed by atoms with Gasteiger partial charge >= 0.3 is 16.8 Å². The molecule has 1 unspecified atom stereocenters. The molecular weight excluding hydrogens is 946 g/mol. The molecule has 1 fully saturated rings. The number of piperidine rings is 1. The number of hydrogen-bond donors (Lipinski definition) is 4. The first-order chi connectivity index (χ1) is 33.1. The summed E-state index contributed by atoms with van der Waals surface area (Å²) in [5, 5.41) is 11.4. The number of anilines is 1. The summed E-state index contributed by atoms with van der Waals surface area (Å²) in [4.78, 5) is 81.7. The maximum absolute atomic E-state index is 13.4. The van der Waals surface area contributed by atoms with Crippen LogP contribution in [0.25, 0.3) is 11.3 Å². The number of amides is 6. The number of imide groups is 2. The van der Waals surface area contributed by atoms with Crippen molar-refractivity contribution in [3.8, 4) is 17.0 Å². The van der Waals surface area contributed by atoms with E-state index in [2.05, 4.69) is 56.3 Å². The first kappa shape index (κ1) is 53.4. The molecule has 1 aliphatic carbocycles. The second-order valence-electron chi connectivity index (χ2n) is 17.0. The molecule has 2 atom stereocenters. The Morgan fingerprint density at radius 2 is 1.61 bits per heavy atom. The molecule has 19 heteroatoms. The van der Waals surface area contributed by atoms with E-state index in [0.29, 0.717) is 89.4 Å². The molecule has 6 amide bonds. The van der Waals surface area contributed by atoms with Gasteiger partial charge in [0.25, 0.3) is 11.8 Å². The summed E-state index contributed by atoms with van der Waals surface area (Å²) in [6.45, 7) is 6.78. The molecule has 4 heterocycles. The molecule has 4 N–H and O–H groups in total. The fraction of sp³-hybridized carbons (Fsp3) is 0.451. The molecule has 1 saturated heterocycles. The minimum atomic E-state index is -1.03. The van der Waals surface area contributed by atoms with Crippen LogP contribution in [0.3, 0.4) is 0 Å². The Morgan fingerprint density at radius 3 is 2.37 bits per heavy atom. The molecule has 375 valence electrons. The van der Waals surface area contributed by atoms with E-state index in [1.165, 1.54) is 5.56 Å². The van der Waals surface area contributed by atoms with Crippen molar-refractivity contribution in [2.45, 2.75) is 76.9 Å². The number of carbonyl (C=O) groups excluding carboxylic acids is 6. The van der Waals surface area contributed by atoms with Crippen LogP contribution in [0.15, 0.2) is 54.7 Å². The van der Waals surface area contributed by atoms with E-state index in [-0.39, 0.29) is 79.1 Å². The maximum Gasteiger partial charge on any atom is 2.00 e. The topological polar surface area (TPSA) is 218 Å². The van der Waals surface area contributed by atoms with Gasteiger partial charge in [-0.15, -0.1) is 11.6 Å². The van der Waals surface area contributed by atoms with Crippen LogP contribution in [0, 0.1) is 20.4 Å². The second-order valence-corrected chi connectivity index (χ2v) is 17.0. The molecule has 3 aromatic carbocycles. The molecule has 4 aromatic rings. The van der Waals surface area contributed by atoms with Crippen molar-refractivity contribution in [3.63, 3.8) is 0 Å². The van der Waals surface area contributed by atoms with E-state index >= 15 is 0 Å². The smallest absolute Gasteiger partial charge is 0.551 e. The predicted octanol–water partition coefficient (Wildman–Crippen LogP) is 4.32. The van der Waals surface area contributed by atoms with Gasteiger partial charge in [-0.05, 0) is 61.4 Å². The van der Waals surface area contributed by atoms with E-state index < -0.39 is 29.7 Å². The fourth-order valence-electron chi connectivity index (χ4n) is 8.79. The van der Waals surface area contributed by atoms with E-state index in [0.717, 1.165) is 65.3 Å².